The maximum absolute atomic E-state index is 12.0. The number of hydrogen-bond donors (Lipinski definition) is 1. The lowest BCUT2D eigenvalue weighted by Crippen LogP contribution is -2.66. The van der Waals surface area contributed by atoms with E-state index in [1.807, 2.05) is 0 Å². The second kappa shape index (κ2) is 4.31. The van der Waals surface area contributed by atoms with Gasteiger partial charge in [-0.1, -0.05) is 5.16 Å². The van der Waals surface area contributed by atoms with Crippen LogP contribution in [0.15, 0.2) is 10.6 Å². The highest BCUT2D eigenvalue weighted by Gasteiger charge is 2.37. The van der Waals surface area contributed by atoms with Crippen molar-refractivity contribution >= 4 is 5.91 Å². The lowest BCUT2D eigenvalue weighted by atomic mass is 10.0. The summed E-state index contributed by atoms with van der Waals surface area (Å²) in [6, 6.07) is 2.57. The van der Waals surface area contributed by atoms with Gasteiger partial charge in [-0.25, -0.2) is 0 Å². The van der Waals surface area contributed by atoms with Gasteiger partial charge >= 0.3 is 0 Å². The summed E-state index contributed by atoms with van der Waals surface area (Å²) in [5.41, 5.74) is 0.410. The maximum atomic E-state index is 12.0. The normalized spacial score (nSPS) is 24.8. The third-order valence-corrected chi connectivity index (χ3v) is 4.12. The summed E-state index contributed by atoms with van der Waals surface area (Å²) in [6.07, 6.45) is 2.30. The van der Waals surface area contributed by atoms with Gasteiger partial charge < -0.3 is 14.6 Å². The third-order valence-electron chi connectivity index (χ3n) is 4.12. The number of amides is 1. The second-order valence-electron chi connectivity index (χ2n) is 5.70. The molecule has 0 unspecified atom stereocenters. The first kappa shape index (κ1) is 11.4. The van der Waals surface area contributed by atoms with Gasteiger partial charge in [0, 0.05) is 25.1 Å². The quantitative estimate of drug-likeness (QED) is 0.849. The van der Waals surface area contributed by atoms with Gasteiger partial charge in [-0.15, -0.1) is 0 Å². The van der Waals surface area contributed by atoms with E-state index in [1.54, 1.807) is 6.07 Å². The van der Waals surface area contributed by atoms with Crippen LogP contribution in [0, 0.1) is 0 Å². The van der Waals surface area contributed by atoms with Gasteiger partial charge in [0.1, 0.15) is 5.76 Å². The van der Waals surface area contributed by atoms with Crippen molar-refractivity contribution in [3.05, 3.63) is 17.5 Å². The van der Waals surface area contributed by atoms with Crippen molar-refractivity contribution in [1.29, 1.82) is 0 Å². The molecule has 0 radical (unpaired) electrons. The topological polar surface area (TPSA) is 67.6 Å². The molecular weight excluding hydrogens is 246 g/mol. The molecule has 0 bridgehead atoms. The van der Waals surface area contributed by atoms with Crippen LogP contribution in [0.5, 0.6) is 0 Å². The molecule has 1 aromatic heterocycles. The number of nitrogens with one attached hydrogen (secondary N) is 1. The zero-order chi connectivity index (χ0) is 12.8. The molecule has 2 aliphatic heterocycles. The van der Waals surface area contributed by atoms with E-state index in [-0.39, 0.29) is 11.9 Å². The summed E-state index contributed by atoms with van der Waals surface area (Å²) in [7, 11) is 0. The van der Waals surface area contributed by atoms with Gasteiger partial charge in [-0.2, -0.15) is 0 Å². The fourth-order valence-electron chi connectivity index (χ4n) is 2.55. The monoisotopic (exact) mass is 263 g/mol. The predicted molar refractivity (Wildman–Crippen MR) is 65.9 cm³/mol. The summed E-state index contributed by atoms with van der Waals surface area (Å²) in [4.78, 5) is 14.3. The first-order chi connectivity index (χ1) is 9.29. The van der Waals surface area contributed by atoms with Crippen LogP contribution in [0.2, 0.25) is 0 Å². The van der Waals surface area contributed by atoms with E-state index in [2.05, 4.69) is 15.4 Å². The Morgan fingerprint density at radius 3 is 2.79 bits per heavy atom. The van der Waals surface area contributed by atoms with Crippen LogP contribution in [-0.2, 0) is 4.74 Å². The number of aromatic nitrogens is 1. The summed E-state index contributed by atoms with van der Waals surface area (Å²) in [5.74, 6) is 1.23. The van der Waals surface area contributed by atoms with Gasteiger partial charge in [0.2, 0.25) is 0 Å². The smallest absolute Gasteiger partial charge is 0.273 e. The minimum absolute atomic E-state index is 0.120. The molecule has 1 amide bonds. The molecule has 2 saturated heterocycles. The standard InChI is InChI=1S/C13H17N3O3/c17-13(11-3-12(19-15-11)8-1-2-8)14-9-4-16(5-9)10-6-18-7-10/h3,8-10H,1-2,4-7H2,(H,14,17). The van der Waals surface area contributed by atoms with E-state index in [9.17, 15) is 4.79 Å². The van der Waals surface area contributed by atoms with Crippen molar-refractivity contribution in [2.75, 3.05) is 26.3 Å². The molecule has 3 fully saturated rings. The van der Waals surface area contributed by atoms with E-state index in [0.717, 1.165) is 44.9 Å². The van der Waals surface area contributed by atoms with Crippen molar-refractivity contribution in [2.45, 2.75) is 30.8 Å². The van der Waals surface area contributed by atoms with Crippen LogP contribution in [-0.4, -0.2) is 54.4 Å². The van der Waals surface area contributed by atoms with Crippen molar-refractivity contribution in [1.82, 2.24) is 15.4 Å². The van der Waals surface area contributed by atoms with Gasteiger partial charge in [0.25, 0.3) is 5.91 Å². The highest BCUT2D eigenvalue weighted by molar-refractivity contribution is 5.92. The van der Waals surface area contributed by atoms with E-state index in [0.29, 0.717) is 17.7 Å². The molecule has 1 aliphatic carbocycles. The Bertz CT molecular complexity index is 487. The number of carbonyl (C=O) groups excluding carboxylic acids is 1. The Kier molecular flexibility index (Phi) is 2.60. The molecular formula is C13H17N3O3. The van der Waals surface area contributed by atoms with Gasteiger partial charge in [0.05, 0.1) is 25.3 Å². The second-order valence-corrected chi connectivity index (χ2v) is 5.70. The van der Waals surface area contributed by atoms with E-state index < -0.39 is 0 Å². The Morgan fingerprint density at radius 1 is 1.37 bits per heavy atom. The first-order valence-electron chi connectivity index (χ1n) is 6.89. The molecule has 3 heterocycles. The largest absolute Gasteiger partial charge is 0.378 e. The zero-order valence-electron chi connectivity index (χ0n) is 10.7. The molecule has 19 heavy (non-hydrogen) atoms. The van der Waals surface area contributed by atoms with Crippen LogP contribution in [0.3, 0.4) is 0 Å². The molecule has 1 N–H and O–H groups in total. The van der Waals surface area contributed by atoms with E-state index in [4.69, 9.17) is 9.26 Å². The number of hydrogen-bond acceptors (Lipinski definition) is 5. The van der Waals surface area contributed by atoms with Gasteiger partial charge in [-0.05, 0) is 12.8 Å². The number of rotatable bonds is 4. The summed E-state index contributed by atoms with van der Waals surface area (Å²) < 4.78 is 10.3. The molecule has 1 saturated carbocycles. The minimum Gasteiger partial charge on any atom is -0.378 e. The molecule has 102 valence electrons. The number of carbonyl (C=O) groups is 1. The van der Waals surface area contributed by atoms with Crippen LogP contribution in [0.1, 0.15) is 35.0 Å². The summed E-state index contributed by atoms with van der Waals surface area (Å²) >= 11 is 0. The van der Waals surface area contributed by atoms with Crippen molar-refractivity contribution < 1.29 is 14.1 Å². The van der Waals surface area contributed by atoms with Crippen LogP contribution in [0.25, 0.3) is 0 Å². The molecule has 6 nitrogen and oxygen atoms in total. The molecule has 0 spiro atoms. The predicted octanol–water partition coefficient (Wildman–Crippen LogP) is 0.365. The number of nitrogens with zero attached hydrogens (tertiary/aromatic N) is 2. The van der Waals surface area contributed by atoms with Crippen molar-refractivity contribution in [3.63, 3.8) is 0 Å². The van der Waals surface area contributed by atoms with Gasteiger partial charge in [-0.3, -0.25) is 9.69 Å². The molecule has 1 aromatic rings. The van der Waals surface area contributed by atoms with E-state index in [1.165, 1.54) is 0 Å². The fraction of sp³-hybridized carbons (Fsp3) is 0.692. The number of likely N-dealkylation sites (tertiary alicyclic amines) is 1. The molecule has 3 aliphatic rings. The third kappa shape index (κ3) is 2.15. The van der Waals surface area contributed by atoms with Crippen LogP contribution >= 0.6 is 0 Å². The Balaban J connectivity index is 1.29. The average molecular weight is 263 g/mol. The van der Waals surface area contributed by atoms with Crippen LogP contribution < -0.4 is 5.32 Å². The lowest BCUT2D eigenvalue weighted by Gasteiger charge is -2.47. The first-order valence-corrected chi connectivity index (χ1v) is 6.89. The SMILES string of the molecule is O=C(NC1CN(C2COC2)C1)c1cc(C2CC2)on1. The van der Waals surface area contributed by atoms with Crippen molar-refractivity contribution in [3.8, 4) is 0 Å². The maximum Gasteiger partial charge on any atom is 0.273 e. The lowest BCUT2D eigenvalue weighted by molar-refractivity contribution is -0.0921. The van der Waals surface area contributed by atoms with Crippen LogP contribution in [0.4, 0.5) is 0 Å². The van der Waals surface area contributed by atoms with Crippen molar-refractivity contribution in [2.24, 2.45) is 0 Å². The molecule has 4 rings (SSSR count). The molecule has 6 heteroatoms. The zero-order valence-corrected chi connectivity index (χ0v) is 10.7. The highest BCUT2D eigenvalue weighted by Crippen LogP contribution is 2.40. The minimum atomic E-state index is -0.120. The average Bonchev–Trinajstić information content (AvgIpc) is 3.02. The Morgan fingerprint density at radius 2 is 2.16 bits per heavy atom. The fourth-order valence-corrected chi connectivity index (χ4v) is 2.55. The Labute approximate surface area is 111 Å². The number of ether oxygens (including phenoxy) is 1. The molecule has 0 atom stereocenters. The Hall–Kier alpha value is -1.40. The van der Waals surface area contributed by atoms with E-state index >= 15 is 0 Å². The summed E-state index contributed by atoms with van der Waals surface area (Å²) in [5, 5.41) is 6.84. The highest BCUT2D eigenvalue weighted by atomic mass is 16.5. The molecule has 0 aromatic carbocycles. The van der Waals surface area contributed by atoms with Gasteiger partial charge in [0.15, 0.2) is 5.69 Å². The summed E-state index contributed by atoms with van der Waals surface area (Å²) in [6.45, 7) is 3.48.